The van der Waals surface area contributed by atoms with Gasteiger partial charge in [-0.3, -0.25) is 24.0 Å². The van der Waals surface area contributed by atoms with Gasteiger partial charge in [-0.2, -0.15) is 0 Å². The van der Waals surface area contributed by atoms with Crippen molar-refractivity contribution in [2.45, 2.75) is 98.1 Å². The van der Waals surface area contributed by atoms with Crippen molar-refractivity contribution < 1.29 is 71.4 Å². The average molecular weight is 665 g/mol. The molecule has 5 atom stereocenters. The lowest BCUT2D eigenvalue weighted by Gasteiger charge is -2.44. The second-order valence-corrected chi connectivity index (χ2v) is 10.9. The summed E-state index contributed by atoms with van der Waals surface area (Å²) in [6, 6.07) is 0. The van der Waals surface area contributed by atoms with Gasteiger partial charge in [-0.15, -0.1) is 0 Å². The molecule has 47 heavy (non-hydrogen) atoms. The molecule has 1 saturated heterocycles. The van der Waals surface area contributed by atoms with E-state index in [2.05, 4.69) is 0 Å². The predicted molar refractivity (Wildman–Crippen MR) is 158 cm³/mol. The quantitative estimate of drug-likeness (QED) is 0.170. The summed E-state index contributed by atoms with van der Waals surface area (Å²) in [5.41, 5.74) is 2.41. The Morgan fingerprint density at radius 3 is 2.02 bits per heavy atom. The van der Waals surface area contributed by atoms with E-state index in [4.69, 9.17) is 42.6 Å². The minimum absolute atomic E-state index is 0.0251. The van der Waals surface area contributed by atoms with Crippen LogP contribution in [0.2, 0.25) is 0 Å². The number of ether oxygens (including phenoxy) is 9. The van der Waals surface area contributed by atoms with Gasteiger partial charge in [-0.25, -0.2) is 4.79 Å². The van der Waals surface area contributed by atoms with Gasteiger partial charge in [-0.1, -0.05) is 11.6 Å². The van der Waals surface area contributed by atoms with E-state index in [1.807, 2.05) is 13.0 Å². The van der Waals surface area contributed by atoms with Gasteiger partial charge in [0.15, 0.2) is 12.2 Å². The van der Waals surface area contributed by atoms with Crippen LogP contribution < -0.4 is 9.47 Å². The van der Waals surface area contributed by atoms with Crippen LogP contribution in [-0.4, -0.2) is 87.3 Å². The van der Waals surface area contributed by atoms with Crippen LogP contribution >= 0.6 is 0 Å². The molecule has 258 valence electrons. The molecule has 15 heteroatoms. The van der Waals surface area contributed by atoms with Gasteiger partial charge in [0.2, 0.25) is 12.4 Å². The molecule has 0 aliphatic carbocycles. The fraction of sp³-hybridized carbons (Fsp3) is 0.562. The van der Waals surface area contributed by atoms with Gasteiger partial charge in [-0.05, 0) is 32.3 Å². The third-order valence-corrected chi connectivity index (χ3v) is 7.41. The van der Waals surface area contributed by atoms with Crippen LogP contribution in [0.25, 0.3) is 0 Å². The monoisotopic (exact) mass is 664 g/mol. The molecule has 0 spiro atoms. The van der Waals surface area contributed by atoms with E-state index in [0.717, 1.165) is 33.3 Å². The number of methoxy groups -OCH3 is 2. The van der Waals surface area contributed by atoms with E-state index in [-0.39, 0.29) is 36.7 Å². The lowest BCUT2D eigenvalue weighted by molar-refractivity contribution is -0.288. The summed E-state index contributed by atoms with van der Waals surface area (Å²) >= 11 is 0. The number of hydrogen-bond acceptors (Lipinski definition) is 15. The van der Waals surface area contributed by atoms with Gasteiger partial charge in [0.25, 0.3) is 0 Å². The summed E-state index contributed by atoms with van der Waals surface area (Å²) in [5, 5.41) is 0. The molecule has 1 aromatic carbocycles. The zero-order valence-corrected chi connectivity index (χ0v) is 27.6. The van der Waals surface area contributed by atoms with Crippen LogP contribution in [0.15, 0.2) is 11.6 Å². The summed E-state index contributed by atoms with van der Waals surface area (Å²) in [5.74, 6) is -3.82. The molecular formula is C32H40O15. The number of fused-ring (bicyclic) bond motifs is 1. The maximum absolute atomic E-state index is 13.1. The molecule has 0 amide bonds. The van der Waals surface area contributed by atoms with Crippen LogP contribution in [0.4, 0.5) is 0 Å². The second kappa shape index (κ2) is 16.3. The second-order valence-electron chi connectivity index (χ2n) is 10.9. The summed E-state index contributed by atoms with van der Waals surface area (Å²) < 4.78 is 50.0. The predicted octanol–water partition coefficient (Wildman–Crippen LogP) is 2.58. The molecule has 0 saturated carbocycles. The Morgan fingerprint density at radius 1 is 0.830 bits per heavy atom. The van der Waals surface area contributed by atoms with Gasteiger partial charge in [0.1, 0.15) is 36.4 Å². The van der Waals surface area contributed by atoms with Crippen molar-refractivity contribution in [2.75, 3.05) is 20.8 Å². The molecule has 1 fully saturated rings. The fourth-order valence-corrected chi connectivity index (χ4v) is 5.32. The molecule has 2 aliphatic heterocycles. The maximum Gasteiger partial charge on any atom is 0.342 e. The molecule has 15 nitrogen and oxygen atoms in total. The van der Waals surface area contributed by atoms with Crippen molar-refractivity contribution in [1.82, 2.24) is 0 Å². The summed E-state index contributed by atoms with van der Waals surface area (Å²) in [6.45, 7) is 7.51. The molecule has 5 unspecified atom stereocenters. The lowest BCUT2D eigenvalue weighted by atomic mass is 9.94. The van der Waals surface area contributed by atoms with E-state index in [1.165, 1.54) is 14.2 Å². The number of benzene rings is 1. The largest absolute Gasteiger partial charge is 0.496 e. The van der Waals surface area contributed by atoms with Crippen molar-refractivity contribution in [2.24, 2.45) is 0 Å². The van der Waals surface area contributed by atoms with Crippen LogP contribution in [0.3, 0.4) is 0 Å². The van der Waals surface area contributed by atoms with Gasteiger partial charge in [0.05, 0.1) is 14.2 Å². The first kappa shape index (κ1) is 36.8. The Bertz CT molecular complexity index is 1430. The standard InChI is InChI=1S/C32H40O15/c1-15(10-12-24(37)39-7)9-11-21-26(40-8)16(2)22-13-42-31(38)25(22)27(21)47-32-30(45-20(6)36)29(44-19(5)35)28(43-18(4)34)23(46-32)14-41-17(3)33/h9,23,28-30,32H,10-14H2,1-8H3. The van der Waals surface area contributed by atoms with Crippen molar-refractivity contribution in [3.8, 4) is 11.5 Å². The minimum Gasteiger partial charge on any atom is -0.496 e. The van der Waals surface area contributed by atoms with Crippen molar-refractivity contribution in [1.29, 1.82) is 0 Å². The minimum atomic E-state index is -1.61. The summed E-state index contributed by atoms with van der Waals surface area (Å²) in [4.78, 5) is 73.3. The number of esters is 6. The van der Waals surface area contributed by atoms with Crippen LogP contribution in [0.5, 0.6) is 11.5 Å². The van der Waals surface area contributed by atoms with Gasteiger partial charge < -0.3 is 42.6 Å². The molecular weight excluding hydrogens is 624 g/mol. The molecule has 0 bridgehead atoms. The SMILES string of the molecule is COC(=O)CCC(C)=CCc1c(OC)c(C)c2c(c1OC1OC(COC(C)=O)C(OC(C)=O)C(OC(C)=O)C1OC(C)=O)C(=O)OC2. The van der Waals surface area contributed by atoms with E-state index in [0.29, 0.717) is 28.9 Å². The summed E-state index contributed by atoms with van der Waals surface area (Å²) in [6.07, 6.45) is -4.79. The fourth-order valence-electron chi connectivity index (χ4n) is 5.32. The number of carbonyl (C=O) groups excluding carboxylic acids is 6. The van der Waals surface area contributed by atoms with E-state index >= 15 is 0 Å². The Morgan fingerprint density at radius 2 is 1.45 bits per heavy atom. The first-order chi connectivity index (χ1) is 22.2. The first-order valence-corrected chi connectivity index (χ1v) is 14.8. The van der Waals surface area contributed by atoms with Crippen LogP contribution in [0.1, 0.15) is 74.5 Å². The molecule has 1 aromatic rings. The summed E-state index contributed by atoms with van der Waals surface area (Å²) in [7, 11) is 2.75. The smallest absolute Gasteiger partial charge is 0.342 e. The number of allylic oxidation sites excluding steroid dienone is 2. The van der Waals surface area contributed by atoms with Crippen LogP contribution in [0, 0.1) is 6.92 Å². The zero-order chi connectivity index (χ0) is 35.0. The van der Waals surface area contributed by atoms with Crippen molar-refractivity contribution in [3.63, 3.8) is 0 Å². The Balaban J connectivity index is 2.20. The lowest BCUT2D eigenvalue weighted by Crippen LogP contribution is -2.63. The third-order valence-electron chi connectivity index (χ3n) is 7.41. The molecule has 3 rings (SSSR count). The molecule has 0 radical (unpaired) electrons. The van der Waals surface area contributed by atoms with E-state index < -0.39 is 67.2 Å². The van der Waals surface area contributed by atoms with E-state index in [9.17, 15) is 28.8 Å². The normalized spacial score (nSPS) is 21.9. The highest BCUT2D eigenvalue weighted by molar-refractivity contribution is 5.98. The maximum atomic E-state index is 13.1. The number of hydrogen-bond donors (Lipinski definition) is 0. The highest BCUT2D eigenvalue weighted by atomic mass is 16.7. The topological polar surface area (TPSA) is 185 Å². The van der Waals surface area contributed by atoms with E-state index in [1.54, 1.807) is 6.92 Å². The van der Waals surface area contributed by atoms with Crippen molar-refractivity contribution >= 4 is 35.8 Å². The molecule has 2 aliphatic rings. The van der Waals surface area contributed by atoms with Crippen molar-refractivity contribution in [3.05, 3.63) is 33.9 Å². The van der Waals surface area contributed by atoms with Crippen LogP contribution in [-0.2, 0) is 70.2 Å². The van der Waals surface area contributed by atoms with Gasteiger partial charge in [0, 0.05) is 45.2 Å². The highest BCUT2D eigenvalue weighted by Crippen LogP contribution is 2.44. The zero-order valence-electron chi connectivity index (χ0n) is 27.6. The Kier molecular flexibility index (Phi) is 12.7. The number of cyclic esters (lactones) is 1. The average Bonchev–Trinajstić information content (AvgIpc) is 3.38. The Labute approximate surface area is 271 Å². The third kappa shape index (κ3) is 9.21. The molecule has 0 N–H and O–H groups in total. The highest BCUT2D eigenvalue weighted by Gasteiger charge is 2.54. The van der Waals surface area contributed by atoms with Gasteiger partial charge >= 0.3 is 35.8 Å². The molecule has 2 heterocycles. The first-order valence-electron chi connectivity index (χ1n) is 14.8. The Hall–Kier alpha value is -4.66. The molecule has 0 aromatic heterocycles. The number of rotatable bonds is 13. The number of carbonyl (C=O) groups is 6.